The smallest absolute Gasteiger partial charge is 0.223 e. The Morgan fingerprint density at radius 1 is 1.28 bits per heavy atom. The number of rotatable bonds is 3. The lowest BCUT2D eigenvalue weighted by molar-refractivity contribution is -0.124. The number of carbonyl (C=O) groups excluding carboxylic acids is 1. The van der Waals surface area contributed by atoms with Crippen molar-refractivity contribution in [1.29, 1.82) is 0 Å². The molecule has 3 nitrogen and oxygen atoms in total. The molecule has 1 amide bonds. The van der Waals surface area contributed by atoms with Gasteiger partial charge in [-0.05, 0) is 24.6 Å². The maximum absolute atomic E-state index is 11.6. The van der Waals surface area contributed by atoms with Crippen LogP contribution in [-0.2, 0) is 4.79 Å². The number of aliphatic hydroxyl groups is 1. The predicted octanol–water partition coefficient (Wildman–Crippen LogP) is 1.86. The first-order valence-corrected chi connectivity index (χ1v) is 6.04. The van der Waals surface area contributed by atoms with Gasteiger partial charge in [0.2, 0.25) is 5.91 Å². The molecule has 1 aromatic carbocycles. The number of hydrogen-bond donors (Lipinski definition) is 2. The number of aliphatic hydroxyl groups excluding tert-OH is 1. The van der Waals surface area contributed by atoms with Crippen LogP contribution in [0.1, 0.15) is 37.9 Å². The van der Waals surface area contributed by atoms with Crippen LogP contribution in [-0.4, -0.2) is 17.6 Å². The van der Waals surface area contributed by atoms with Crippen molar-refractivity contribution >= 4 is 5.91 Å². The van der Waals surface area contributed by atoms with Crippen LogP contribution in [0.3, 0.4) is 0 Å². The van der Waals surface area contributed by atoms with Gasteiger partial charge in [0, 0.05) is 11.5 Å². The fourth-order valence-corrected chi connectivity index (χ4v) is 1.46. The van der Waals surface area contributed by atoms with E-state index in [-0.39, 0.29) is 24.5 Å². The third-order valence-corrected chi connectivity index (χ3v) is 2.61. The third-order valence-electron chi connectivity index (χ3n) is 2.61. The molecule has 0 fully saturated rings. The Hall–Kier alpha value is -1.79. The van der Waals surface area contributed by atoms with Crippen molar-refractivity contribution in [2.75, 3.05) is 6.61 Å². The molecule has 0 saturated heterocycles. The zero-order chi connectivity index (χ0) is 13.5. The van der Waals surface area contributed by atoms with Gasteiger partial charge in [0.15, 0.2) is 0 Å². The van der Waals surface area contributed by atoms with Crippen molar-refractivity contribution < 1.29 is 9.90 Å². The molecule has 18 heavy (non-hydrogen) atoms. The molecule has 0 bridgehead atoms. The Morgan fingerprint density at radius 2 is 1.89 bits per heavy atom. The maximum Gasteiger partial charge on any atom is 0.223 e. The van der Waals surface area contributed by atoms with Gasteiger partial charge in [-0.3, -0.25) is 4.79 Å². The Kier molecular flexibility index (Phi) is 5.41. The van der Waals surface area contributed by atoms with Crippen LogP contribution in [0.5, 0.6) is 0 Å². The SMILES string of the molecule is CC(C)C(=O)NC(C)c1ccc(C#CCO)cc1. The monoisotopic (exact) mass is 245 g/mol. The fourth-order valence-electron chi connectivity index (χ4n) is 1.46. The average Bonchev–Trinajstić information content (AvgIpc) is 2.36. The van der Waals surface area contributed by atoms with E-state index in [4.69, 9.17) is 5.11 Å². The Morgan fingerprint density at radius 3 is 2.39 bits per heavy atom. The molecule has 0 heterocycles. The van der Waals surface area contributed by atoms with Gasteiger partial charge in [-0.2, -0.15) is 0 Å². The van der Waals surface area contributed by atoms with Crippen molar-refractivity contribution in [3.05, 3.63) is 35.4 Å². The van der Waals surface area contributed by atoms with E-state index < -0.39 is 0 Å². The molecule has 0 radical (unpaired) electrons. The van der Waals surface area contributed by atoms with E-state index in [2.05, 4.69) is 17.2 Å². The second-order valence-electron chi connectivity index (χ2n) is 4.47. The third kappa shape index (κ3) is 4.23. The summed E-state index contributed by atoms with van der Waals surface area (Å²) in [6.07, 6.45) is 0. The molecule has 1 unspecified atom stereocenters. The summed E-state index contributed by atoms with van der Waals surface area (Å²) < 4.78 is 0. The molecular formula is C15H19NO2. The lowest BCUT2D eigenvalue weighted by Gasteiger charge is -2.16. The minimum atomic E-state index is -0.136. The average molecular weight is 245 g/mol. The lowest BCUT2D eigenvalue weighted by Crippen LogP contribution is -2.30. The molecule has 0 spiro atoms. The number of nitrogens with one attached hydrogen (secondary N) is 1. The highest BCUT2D eigenvalue weighted by molar-refractivity contribution is 5.78. The molecule has 0 aliphatic heterocycles. The summed E-state index contributed by atoms with van der Waals surface area (Å²) in [5, 5.41) is 11.5. The van der Waals surface area contributed by atoms with E-state index in [0.29, 0.717) is 0 Å². The van der Waals surface area contributed by atoms with Crippen molar-refractivity contribution in [3.8, 4) is 11.8 Å². The van der Waals surface area contributed by atoms with Gasteiger partial charge in [0.25, 0.3) is 0 Å². The van der Waals surface area contributed by atoms with E-state index >= 15 is 0 Å². The van der Waals surface area contributed by atoms with Gasteiger partial charge in [-0.25, -0.2) is 0 Å². The predicted molar refractivity (Wildman–Crippen MR) is 71.8 cm³/mol. The number of carbonyl (C=O) groups is 1. The summed E-state index contributed by atoms with van der Waals surface area (Å²) in [7, 11) is 0. The number of hydrogen-bond acceptors (Lipinski definition) is 2. The molecule has 0 aliphatic rings. The van der Waals surface area contributed by atoms with Gasteiger partial charge in [0.1, 0.15) is 6.61 Å². The molecule has 0 saturated carbocycles. The van der Waals surface area contributed by atoms with E-state index in [1.165, 1.54) is 0 Å². The Balaban J connectivity index is 2.70. The zero-order valence-corrected chi connectivity index (χ0v) is 11.0. The van der Waals surface area contributed by atoms with E-state index in [1.807, 2.05) is 45.0 Å². The summed E-state index contributed by atoms with van der Waals surface area (Å²) in [6.45, 7) is 5.56. The minimum Gasteiger partial charge on any atom is -0.384 e. The molecule has 1 aromatic rings. The number of amides is 1. The molecule has 1 rings (SSSR count). The standard InChI is InChI=1S/C15H19NO2/c1-11(2)15(18)16-12(3)14-8-6-13(7-9-14)5-4-10-17/h6-9,11-12,17H,10H2,1-3H3,(H,16,18). The van der Waals surface area contributed by atoms with Crippen molar-refractivity contribution in [1.82, 2.24) is 5.32 Å². The van der Waals surface area contributed by atoms with Crippen LogP contribution < -0.4 is 5.32 Å². The Bertz CT molecular complexity index is 452. The first-order chi connectivity index (χ1) is 8.54. The largest absolute Gasteiger partial charge is 0.384 e. The molecular weight excluding hydrogens is 226 g/mol. The van der Waals surface area contributed by atoms with Gasteiger partial charge >= 0.3 is 0 Å². The quantitative estimate of drug-likeness (QED) is 0.799. The van der Waals surface area contributed by atoms with Crippen molar-refractivity contribution in [2.45, 2.75) is 26.8 Å². The van der Waals surface area contributed by atoms with Crippen LogP contribution in [0.2, 0.25) is 0 Å². The lowest BCUT2D eigenvalue weighted by atomic mass is 10.1. The van der Waals surface area contributed by atoms with Gasteiger partial charge in [-0.15, -0.1) is 0 Å². The summed E-state index contributed by atoms with van der Waals surface area (Å²) in [4.78, 5) is 11.6. The second-order valence-corrected chi connectivity index (χ2v) is 4.47. The highest BCUT2D eigenvalue weighted by Gasteiger charge is 2.11. The molecule has 0 aliphatic carbocycles. The van der Waals surface area contributed by atoms with Crippen molar-refractivity contribution in [3.63, 3.8) is 0 Å². The summed E-state index contributed by atoms with van der Waals surface area (Å²) in [5.41, 5.74) is 1.90. The zero-order valence-electron chi connectivity index (χ0n) is 11.0. The van der Waals surface area contributed by atoms with Gasteiger partial charge < -0.3 is 10.4 Å². The van der Waals surface area contributed by atoms with Crippen LogP contribution in [0.15, 0.2) is 24.3 Å². The molecule has 3 heteroatoms. The first kappa shape index (κ1) is 14.3. The Labute approximate surface area is 108 Å². The van der Waals surface area contributed by atoms with Crippen molar-refractivity contribution in [2.24, 2.45) is 5.92 Å². The fraction of sp³-hybridized carbons (Fsp3) is 0.400. The van der Waals surface area contributed by atoms with Gasteiger partial charge in [0.05, 0.1) is 6.04 Å². The normalized spacial score (nSPS) is 11.6. The van der Waals surface area contributed by atoms with Gasteiger partial charge in [-0.1, -0.05) is 37.8 Å². The molecule has 96 valence electrons. The molecule has 2 N–H and O–H groups in total. The maximum atomic E-state index is 11.6. The minimum absolute atomic E-state index is 0.0119. The van der Waals surface area contributed by atoms with E-state index in [1.54, 1.807) is 0 Å². The summed E-state index contributed by atoms with van der Waals surface area (Å²) in [5.74, 6) is 5.46. The molecule has 1 atom stereocenters. The molecule has 0 aromatic heterocycles. The van der Waals surface area contributed by atoms with Crippen LogP contribution in [0.25, 0.3) is 0 Å². The second kappa shape index (κ2) is 6.83. The topological polar surface area (TPSA) is 49.3 Å². The summed E-state index contributed by atoms with van der Waals surface area (Å²) in [6, 6.07) is 7.63. The number of benzene rings is 1. The van der Waals surface area contributed by atoms with E-state index in [9.17, 15) is 4.79 Å². The van der Waals surface area contributed by atoms with E-state index in [0.717, 1.165) is 11.1 Å². The highest BCUT2D eigenvalue weighted by atomic mass is 16.2. The van der Waals surface area contributed by atoms with Crippen LogP contribution in [0, 0.1) is 17.8 Å². The van der Waals surface area contributed by atoms with Crippen LogP contribution in [0.4, 0.5) is 0 Å². The summed E-state index contributed by atoms with van der Waals surface area (Å²) >= 11 is 0. The van der Waals surface area contributed by atoms with Crippen LogP contribution >= 0.6 is 0 Å². The highest BCUT2D eigenvalue weighted by Crippen LogP contribution is 2.13. The first-order valence-electron chi connectivity index (χ1n) is 6.04.